The van der Waals surface area contributed by atoms with Crippen molar-refractivity contribution in [2.45, 2.75) is 0 Å². The van der Waals surface area contributed by atoms with Gasteiger partial charge in [0.25, 0.3) is 0 Å². The molecule has 4 heteroatoms. The number of hydrogen-bond acceptors (Lipinski definition) is 2. The molecule has 0 radical (unpaired) electrons. The van der Waals surface area contributed by atoms with Crippen LogP contribution in [0.4, 0.5) is 0 Å². The molecule has 0 fully saturated rings. The smallest absolute Gasteiger partial charge is 0.101 e. The van der Waals surface area contributed by atoms with Crippen molar-refractivity contribution in [2.24, 2.45) is 0 Å². The van der Waals surface area contributed by atoms with Crippen LogP contribution in [0.25, 0.3) is 77.2 Å². The van der Waals surface area contributed by atoms with Gasteiger partial charge >= 0.3 is 0 Å². The summed E-state index contributed by atoms with van der Waals surface area (Å²) < 4.78 is 4.48. The van der Waals surface area contributed by atoms with Gasteiger partial charge in [0.15, 0.2) is 0 Å². The number of hydrogen-bond donors (Lipinski definition) is 0. The highest BCUT2D eigenvalue weighted by Gasteiger charge is 2.20. The van der Waals surface area contributed by atoms with Crippen molar-refractivity contribution < 1.29 is 0 Å². The average molecular weight is 611 g/mol. The normalized spacial score (nSPS) is 11.3. The average Bonchev–Trinajstić information content (AvgIpc) is 3.67. The summed E-state index contributed by atoms with van der Waals surface area (Å²) >= 11 is 0. The third-order valence-electron chi connectivity index (χ3n) is 9.43. The van der Waals surface area contributed by atoms with Crippen LogP contribution in [0.15, 0.2) is 158 Å². The Morgan fingerprint density at radius 3 is 1.38 bits per heavy atom. The standard InChI is InChI=1S/C44H26N4/c45-27-31-21-20-30(29-22-24-33(25-23-29)47-40-16-5-1-11-34(40)35-12-2-6-17-41(35)47)26-39(31)38-15-9-10-32(28-46)44(38)48-42-18-7-3-13-36(42)37-14-4-8-19-43(37)48/h1-26H. The minimum Gasteiger partial charge on any atom is -0.309 e. The Morgan fingerprint density at radius 1 is 0.375 bits per heavy atom. The molecule has 0 atom stereocenters. The molecule has 0 amide bonds. The molecular formula is C44H26N4. The van der Waals surface area contributed by atoms with Crippen LogP contribution in [0.2, 0.25) is 0 Å². The first-order chi connectivity index (χ1) is 23.7. The number of nitriles is 2. The van der Waals surface area contributed by atoms with Gasteiger partial charge in [-0.3, -0.25) is 0 Å². The number of para-hydroxylation sites is 5. The molecule has 0 spiro atoms. The van der Waals surface area contributed by atoms with Gasteiger partial charge in [-0.05, 0) is 65.7 Å². The van der Waals surface area contributed by atoms with Crippen LogP contribution in [0.3, 0.4) is 0 Å². The molecule has 7 aromatic carbocycles. The van der Waals surface area contributed by atoms with E-state index in [2.05, 4.69) is 124 Å². The summed E-state index contributed by atoms with van der Waals surface area (Å²) in [6, 6.07) is 58.8. The van der Waals surface area contributed by atoms with Gasteiger partial charge in [0.05, 0.1) is 45.0 Å². The van der Waals surface area contributed by atoms with E-state index in [-0.39, 0.29) is 0 Å². The summed E-state index contributed by atoms with van der Waals surface area (Å²) in [6.45, 7) is 0. The Kier molecular flexibility index (Phi) is 6.22. The minimum atomic E-state index is 0.545. The fourth-order valence-electron chi connectivity index (χ4n) is 7.30. The third-order valence-corrected chi connectivity index (χ3v) is 9.43. The monoisotopic (exact) mass is 610 g/mol. The van der Waals surface area contributed by atoms with Crippen LogP contribution in [0, 0.1) is 22.7 Å². The maximum Gasteiger partial charge on any atom is 0.101 e. The van der Waals surface area contributed by atoms with E-state index in [4.69, 9.17) is 0 Å². The number of aromatic nitrogens is 2. The zero-order valence-corrected chi connectivity index (χ0v) is 25.8. The van der Waals surface area contributed by atoms with Gasteiger partial charge < -0.3 is 9.13 Å². The van der Waals surface area contributed by atoms with E-state index in [1.165, 1.54) is 21.8 Å². The molecule has 0 aliphatic rings. The second-order valence-corrected chi connectivity index (χ2v) is 12.0. The van der Waals surface area contributed by atoms with Crippen molar-refractivity contribution >= 4 is 43.6 Å². The lowest BCUT2D eigenvalue weighted by atomic mass is 9.92. The van der Waals surface area contributed by atoms with Gasteiger partial charge in [-0.1, -0.05) is 103 Å². The van der Waals surface area contributed by atoms with Crippen LogP contribution in [-0.4, -0.2) is 9.13 Å². The predicted molar refractivity (Wildman–Crippen MR) is 195 cm³/mol. The Bertz CT molecular complexity index is 2690. The topological polar surface area (TPSA) is 57.4 Å². The van der Waals surface area contributed by atoms with Crippen LogP contribution in [-0.2, 0) is 0 Å². The van der Waals surface area contributed by atoms with Crippen molar-refractivity contribution in [3.63, 3.8) is 0 Å². The summed E-state index contributed by atoms with van der Waals surface area (Å²) in [4.78, 5) is 0. The summed E-state index contributed by atoms with van der Waals surface area (Å²) in [5.74, 6) is 0. The molecule has 0 saturated heterocycles. The van der Waals surface area contributed by atoms with E-state index in [9.17, 15) is 10.5 Å². The first-order valence-corrected chi connectivity index (χ1v) is 15.9. The molecule has 48 heavy (non-hydrogen) atoms. The van der Waals surface area contributed by atoms with Gasteiger partial charge in [-0.2, -0.15) is 10.5 Å². The van der Waals surface area contributed by atoms with Crippen LogP contribution >= 0.6 is 0 Å². The molecule has 2 aromatic heterocycles. The summed E-state index contributed by atoms with van der Waals surface area (Å²) in [5, 5.41) is 25.4. The fourth-order valence-corrected chi connectivity index (χ4v) is 7.30. The van der Waals surface area contributed by atoms with E-state index in [1.54, 1.807) is 0 Å². The molecule has 0 aliphatic carbocycles. The molecule has 4 nitrogen and oxygen atoms in total. The van der Waals surface area contributed by atoms with E-state index >= 15 is 0 Å². The van der Waals surface area contributed by atoms with Gasteiger partial charge in [-0.15, -0.1) is 0 Å². The van der Waals surface area contributed by atoms with Gasteiger partial charge in [-0.25, -0.2) is 0 Å². The number of benzene rings is 7. The Hall–Kier alpha value is -6.88. The lowest BCUT2D eigenvalue weighted by Crippen LogP contribution is -2.02. The molecule has 0 saturated carbocycles. The van der Waals surface area contributed by atoms with E-state index in [0.29, 0.717) is 11.1 Å². The van der Waals surface area contributed by atoms with E-state index in [0.717, 1.165) is 55.4 Å². The third kappa shape index (κ3) is 4.07. The number of rotatable bonds is 4. The van der Waals surface area contributed by atoms with Crippen LogP contribution < -0.4 is 0 Å². The van der Waals surface area contributed by atoms with Gasteiger partial charge in [0.1, 0.15) is 6.07 Å². The minimum absolute atomic E-state index is 0.545. The van der Waals surface area contributed by atoms with Crippen molar-refractivity contribution in [2.75, 3.05) is 0 Å². The lowest BCUT2D eigenvalue weighted by Gasteiger charge is -2.17. The molecular weight excluding hydrogens is 585 g/mol. The van der Waals surface area contributed by atoms with Crippen LogP contribution in [0.1, 0.15) is 11.1 Å². The number of nitrogens with zero attached hydrogens (tertiary/aromatic N) is 4. The highest BCUT2D eigenvalue weighted by atomic mass is 15.0. The first kappa shape index (κ1) is 27.4. The summed E-state index contributed by atoms with van der Waals surface area (Å²) in [6.07, 6.45) is 0. The van der Waals surface area contributed by atoms with E-state index < -0.39 is 0 Å². The van der Waals surface area contributed by atoms with Crippen molar-refractivity contribution in [1.29, 1.82) is 10.5 Å². The molecule has 0 unspecified atom stereocenters. The van der Waals surface area contributed by atoms with Crippen LogP contribution in [0.5, 0.6) is 0 Å². The fraction of sp³-hybridized carbons (Fsp3) is 0. The largest absolute Gasteiger partial charge is 0.309 e. The van der Waals surface area contributed by atoms with Crippen molar-refractivity contribution in [1.82, 2.24) is 9.13 Å². The molecule has 0 bridgehead atoms. The molecule has 222 valence electrons. The predicted octanol–water partition coefficient (Wildman–Crippen LogP) is 11.0. The molecule has 9 rings (SSSR count). The first-order valence-electron chi connectivity index (χ1n) is 15.9. The Labute approximate surface area is 277 Å². The Morgan fingerprint density at radius 2 is 0.854 bits per heavy atom. The zero-order valence-electron chi connectivity index (χ0n) is 25.8. The summed E-state index contributed by atoms with van der Waals surface area (Å²) in [7, 11) is 0. The zero-order chi connectivity index (χ0) is 32.2. The quantitative estimate of drug-likeness (QED) is 0.199. The van der Waals surface area contributed by atoms with Gasteiger partial charge in [0, 0.05) is 38.4 Å². The van der Waals surface area contributed by atoms with Crippen molar-refractivity contribution in [3.8, 4) is 45.8 Å². The van der Waals surface area contributed by atoms with E-state index in [1.807, 2.05) is 54.6 Å². The maximum atomic E-state index is 10.4. The van der Waals surface area contributed by atoms with Crippen molar-refractivity contribution in [3.05, 3.63) is 169 Å². The highest BCUT2D eigenvalue weighted by Crippen LogP contribution is 2.40. The second kappa shape index (κ2) is 10.9. The molecule has 2 heterocycles. The Balaban J connectivity index is 1.22. The molecule has 9 aromatic rings. The summed E-state index contributed by atoms with van der Waals surface area (Å²) in [5.41, 5.74) is 11.0. The molecule has 0 aliphatic heterocycles. The SMILES string of the molecule is N#Cc1ccc(-c2ccc(-n3c4ccccc4c4ccccc43)cc2)cc1-c1cccc(C#N)c1-n1c2ccccc2c2ccccc21. The number of fused-ring (bicyclic) bond motifs is 6. The molecule has 0 N–H and O–H groups in total. The second-order valence-electron chi connectivity index (χ2n) is 12.0. The maximum absolute atomic E-state index is 10.4. The highest BCUT2D eigenvalue weighted by molar-refractivity contribution is 6.10. The van der Waals surface area contributed by atoms with Gasteiger partial charge in [0.2, 0.25) is 0 Å². The lowest BCUT2D eigenvalue weighted by molar-refractivity contribution is 1.17.